The normalized spacial score (nSPS) is 11.0. The van der Waals surface area contributed by atoms with Crippen molar-refractivity contribution in [1.82, 2.24) is 15.7 Å². The van der Waals surface area contributed by atoms with Crippen LogP contribution < -0.4 is 10.7 Å². The molecule has 0 aliphatic heterocycles. The molecule has 0 saturated carbocycles. The molecule has 1 aromatic heterocycles. The molecule has 2 aromatic carbocycles. The summed E-state index contributed by atoms with van der Waals surface area (Å²) in [4.78, 5) is 37.8. The summed E-state index contributed by atoms with van der Waals surface area (Å²) in [6.07, 6.45) is 5.03. The van der Waals surface area contributed by atoms with Crippen molar-refractivity contribution in [3.63, 3.8) is 0 Å². The van der Waals surface area contributed by atoms with E-state index in [9.17, 15) is 19.5 Å². The van der Waals surface area contributed by atoms with Crippen LogP contribution in [0.5, 0.6) is 0 Å². The van der Waals surface area contributed by atoms with E-state index in [1.807, 2.05) is 25.1 Å². The van der Waals surface area contributed by atoms with E-state index in [4.69, 9.17) is 11.6 Å². The molecule has 0 aliphatic rings. The number of H-pyrrole nitrogens is 1. The van der Waals surface area contributed by atoms with E-state index in [0.29, 0.717) is 17.5 Å². The Bertz CT molecular complexity index is 1170. The molecule has 160 valence electrons. The summed E-state index contributed by atoms with van der Waals surface area (Å²) in [7, 11) is 0. The summed E-state index contributed by atoms with van der Waals surface area (Å²) < 4.78 is 0. The molecule has 3 amide bonds. The first-order valence-corrected chi connectivity index (χ1v) is 10.0. The summed E-state index contributed by atoms with van der Waals surface area (Å²) in [5.74, 6) is -1.45. The fourth-order valence-electron chi connectivity index (χ4n) is 3.05. The minimum atomic E-state index is -1.10. The fraction of sp³-hybridized carbons (Fsp3) is 0.182. The van der Waals surface area contributed by atoms with Gasteiger partial charge in [-0.05, 0) is 30.2 Å². The van der Waals surface area contributed by atoms with Crippen molar-refractivity contribution in [3.05, 3.63) is 58.7 Å². The van der Waals surface area contributed by atoms with Crippen molar-refractivity contribution in [1.29, 1.82) is 0 Å². The minimum absolute atomic E-state index is 0.0267. The van der Waals surface area contributed by atoms with Gasteiger partial charge in [-0.1, -0.05) is 43.1 Å². The SMILES string of the molecule is CCCCC(=O)NC(=O)N/N=C/c1c[nH]c2ccc(-c3cccc(C(=O)O)c3Cl)cc12. The summed E-state index contributed by atoms with van der Waals surface area (Å²) >= 11 is 6.30. The van der Waals surface area contributed by atoms with E-state index >= 15 is 0 Å². The molecule has 0 spiro atoms. The number of carboxylic acid groups (broad SMARTS) is 1. The smallest absolute Gasteiger partial charge is 0.341 e. The lowest BCUT2D eigenvalue weighted by Crippen LogP contribution is -2.36. The van der Waals surface area contributed by atoms with Gasteiger partial charge in [-0.2, -0.15) is 5.10 Å². The van der Waals surface area contributed by atoms with Gasteiger partial charge in [0, 0.05) is 34.6 Å². The van der Waals surface area contributed by atoms with Gasteiger partial charge >= 0.3 is 12.0 Å². The largest absolute Gasteiger partial charge is 0.478 e. The van der Waals surface area contributed by atoms with Crippen LogP contribution in [0.4, 0.5) is 4.79 Å². The van der Waals surface area contributed by atoms with Crippen molar-refractivity contribution in [2.75, 3.05) is 0 Å². The summed E-state index contributed by atoms with van der Waals surface area (Å²) in [6.45, 7) is 1.96. The Morgan fingerprint density at radius 3 is 2.77 bits per heavy atom. The number of fused-ring (bicyclic) bond motifs is 1. The molecule has 8 nitrogen and oxygen atoms in total. The first-order chi connectivity index (χ1) is 14.9. The highest BCUT2D eigenvalue weighted by molar-refractivity contribution is 6.36. The second-order valence-electron chi connectivity index (χ2n) is 6.83. The lowest BCUT2D eigenvalue weighted by Gasteiger charge is -2.08. The number of carboxylic acids is 1. The Hall–Kier alpha value is -3.65. The number of halogens is 1. The van der Waals surface area contributed by atoms with Crippen molar-refractivity contribution in [3.8, 4) is 11.1 Å². The lowest BCUT2D eigenvalue weighted by molar-refractivity contribution is -0.120. The number of hydrogen-bond acceptors (Lipinski definition) is 4. The number of aromatic carboxylic acids is 1. The van der Waals surface area contributed by atoms with Crippen LogP contribution in [0.1, 0.15) is 42.1 Å². The van der Waals surface area contributed by atoms with Crippen LogP contribution in [0.15, 0.2) is 47.7 Å². The molecule has 4 N–H and O–H groups in total. The highest BCUT2D eigenvalue weighted by Gasteiger charge is 2.14. The van der Waals surface area contributed by atoms with Crippen LogP contribution in [-0.4, -0.2) is 34.2 Å². The van der Waals surface area contributed by atoms with Crippen molar-refractivity contribution in [2.45, 2.75) is 26.2 Å². The van der Waals surface area contributed by atoms with Gasteiger partial charge in [0.05, 0.1) is 16.8 Å². The number of aromatic amines is 1. The van der Waals surface area contributed by atoms with Crippen molar-refractivity contribution >= 4 is 46.6 Å². The Balaban J connectivity index is 1.79. The van der Waals surface area contributed by atoms with E-state index in [2.05, 4.69) is 20.8 Å². The predicted octanol–water partition coefficient (Wildman–Crippen LogP) is 4.54. The third-order valence-corrected chi connectivity index (χ3v) is 5.04. The molecule has 0 atom stereocenters. The quantitative estimate of drug-likeness (QED) is 0.318. The topological polar surface area (TPSA) is 124 Å². The molecular weight excluding hydrogens is 420 g/mol. The van der Waals surface area contributed by atoms with Gasteiger partial charge in [0.15, 0.2) is 0 Å². The Morgan fingerprint density at radius 2 is 2.03 bits per heavy atom. The number of amides is 3. The Morgan fingerprint density at radius 1 is 1.23 bits per heavy atom. The summed E-state index contributed by atoms with van der Waals surface area (Å²) in [5.41, 5.74) is 5.15. The van der Waals surface area contributed by atoms with Crippen LogP contribution in [0, 0.1) is 0 Å². The van der Waals surface area contributed by atoms with Crippen LogP contribution >= 0.6 is 11.6 Å². The van der Waals surface area contributed by atoms with Crippen LogP contribution in [0.3, 0.4) is 0 Å². The van der Waals surface area contributed by atoms with Gasteiger partial charge in [-0.25, -0.2) is 15.0 Å². The number of carbonyl (C=O) groups excluding carboxylic acids is 2. The van der Waals surface area contributed by atoms with E-state index in [1.165, 1.54) is 12.3 Å². The molecule has 0 radical (unpaired) electrons. The number of rotatable bonds is 7. The number of benzene rings is 2. The monoisotopic (exact) mass is 440 g/mol. The maximum absolute atomic E-state index is 11.7. The lowest BCUT2D eigenvalue weighted by atomic mass is 10.0. The zero-order valence-electron chi connectivity index (χ0n) is 16.7. The molecular formula is C22H21ClN4O4. The molecule has 0 bridgehead atoms. The number of hydrogen-bond donors (Lipinski definition) is 4. The molecule has 3 rings (SSSR count). The zero-order chi connectivity index (χ0) is 22.4. The van der Waals surface area contributed by atoms with E-state index < -0.39 is 12.0 Å². The van der Waals surface area contributed by atoms with E-state index in [-0.39, 0.29) is 22.9 Å². The average Bonchev–Trinajstić information content (AvgIpc) is 3.14. The Labute approximate surface area is 183 Å². The number of hydrazone groups is 1. The second-order valence-corrected chi connectivity index (χ2v) is 7.21. The van der Waals surface area contributed by atoms with Crippen LogP contribution in [0.2, 0.25) is 5.02 Å². The predicted molar refractivity (Wildman–Crippen MR) is 119 cm³/mol. The Kier molecular flexibility index (Phi) is 7.04. The van der Waals surface area contributed by atoms with E-state index in [1.54, 1.807) is 18.3 Å². The second kappa shape index (κ2) is 9.90. The van der Waals surface area contributed by atoms with Gasteiger partial charge in [0.25, 0.3) is 0 Å². The average molecular weight is 441 g/mol. The number of carbonyl (C=O) groups is 3. The first-order valence-electron chi connectivity index (χ1n) is 9.67. The highest BCUT2D eigenvalue weighted by atomic mass is 35.5. The molecule has 0 fully saturated rings. The first kappa shape index (κ1) is 22.0. The summed E-state index contributed by atoms with van der Waals surface area (Å²) in [6, 6.07) is 9.67. The van der Waals surface area contributed by atoms with Crippen LogP contribution in [-0.2, 0) is 4.79 Å². The molecule has 0 aliphatic carbocycles. The van der Waals surface area contributed by atoms with Gasteiger partial charge < -0.3 is 10.1 Å². The number of unbranched alkanes of at least 4 members (excludes halogenated alkanes) is 1. The third kappa shape index (κ3) is 5.29. The number of nitrogens with zero attached hydrogens (tertiary/aromatic N) is 1. The maximum atomic E-state index is 11.7. The van der Waals surface area contributed by atoms with Gasteiger partial charge in [-0.3, -0.25) is 10.1 Å². The molecule has 0 saturated heterocycles. The van der Waals surface area contributed by atoms with Gasteiger partial charge in [0.2, 0.25) is 5.91 Å². The van der Waals surface area contributed by atoms with Crippen molar-refractivity contribution in [2.24, 2.45) is 5.10 Å². The number of aromatic nitrogens is 1. The third-order valence-electron chi connectivity index (χ3n) is 4.63. The number of imide groups is 1. The van der Waals surface area contributed by atoms with Crippen molar-refractivity contribution < 1.29 is 19.5 Å². The maximum Gasteiger partial charge on any atom is 0.341 e. The number of nitrogens with one attached hydrogen (secondary N) is 3. The van der Waals surface area contributed by atoms with Crippen LogP contribution in [0.25, 0.3) is 22.0 Å². The molecule has 31 heavy (non-hydrogen) atoms. The van der Waals surface area contributed by atoms with Gasteiger partial charge in [0.1, 0.15) is 0 Å². The molecule has 3 aromatic rings. The fourth-order valence-corrected chi connectivity index (χ4v) is 3.37. The zero-order valence-corrected chi connectivity index (χ0v) is 17.5. The number of urea groups is 1. The molecule has 9 heteroatoms. The highest BCUT2D eigenvalue weighted by Crippen LogP contribution is 2.33. The standard InChI is InChI=1S/C22H21ClN4O4/c1-2-3-7-19(28)26-22(31)27-25-12-14-11-24-18-9-8-13(10-17(14)18)15-5-4-6-16(20(15)23)21(29)30/h4-6,8-12,24H,2-3,7H2,1H3,(H,29,30)(H2,26,27,28,31)/b25-12+. The van der Waals surface area contributed by atoms with Gasteiger partial charge in [-0.15, -0.1) is 0 Å². The van der Waals surface area contributed by atoms with E-state index in [0.717, 1.165) is 22.9 Å². The molecule has 1 heterocycles. The molecule has 0 unspecified atom stereocenters. The minimum Gasteiger partial charge on any atom is -0.478 e. The summed E-state index contributed by atoms with van der Waals surface area (Å²) in [5, 5.41) is 16.4.